The van der Waals surface area contributed by atoms with Crippen molar-refractivity contribution >= 4 is 11.6 Å². The van der Waals surface area contributed by atoms with Crippen molar-refractivity contribution in [1.82, 2.24) is 25.5 Å². The molecular formula is C10H14N6O. The van der Waals surface area contributed by atoms with Gasteiger partial charge >= 0.3 is 0 Å². The summed E-state index contributed by atoms with van der Waals surface area (Å²) in [6, 6.07) is 0. The maximum absolute atomic E-state index is 11.8. The highest BCUT2D eigenvalue weighted by Crippen LogP contribution is 2.13. The standard InChI is InChI=1S/C10H14N6O/c1-2-7-8(11)9(16-15-7)10(17)13-4-6-3-12-5-14-6/h3,5H,2,4,11H2,1H3,(H,12,14)(H,13,17)(H,15,16). The number of H-pyrrole nitrogens is 2. The Kier molecular flexibility index (Phi) is 3.08. The van der Waals surface area contributed by atoms with Crippen molar-refractivity contribution in [3.05, 3.63) is 29.6 Å². The van der Waals surface area contributed by atoms with E-state index in [0.29, 0.717) is 18.7 Å². The van der Waals surface area contributed by atoms with Crippen LogP contribution in [-0.2, 0) is 13.0 Å². The molecule has 17 heavy (non-hydrogen) atoms. The molecule has 0 radical (unpaired) electrons. The minimum atomic E-state index is -0.298. The summed E-state index contributed by atoms with van der Waals surface area (Å²) in [6.07, 6.45) is 3.91. The second-order valence-corrected chi connectivity index (χ2v) is 3.58. The second kappa shape index (κ2) is 4.69. The van der Waals surface area contributed by atoms with Crippen LogP contribution in [0.15, 0.2) is 12.5 Å². The summed E-state index contributed by atoms with van der Waals surface area (Å²) in [6.45, 7) is 2.31. The van der Waals surface area contributed by atoms with E-state index in [0.717, 1.165) is 11.4 Å². The molecule has 0 aliphatic carbocycles. The molecule has 0 fully saturated rings. The van der Waals surface area contributed by atoms with E-state index < -0.39 is 0 Å². The van der Waals surface area contributed by atoms with Gasteiger partial charge in [0.1, 0.15) is 0 Å². The van der Waals surface area contributed by atoms with Crippen molar-refractivity contribution in [3.63, 3.8) is 0 Å². The van der Waals surface area contributed by atoms with Crippen LogP contribution >= 0.6 is 0 Å². The molecule has 5 N–H and O–H groups in total. The number of amides is 1. The van der Waals surface area contributed by atoms with Gasteiger partial charge in [-0.2, -0.15) is 5.10 Å². The van der Waals surface area contributed by atoms with Crippen molar-refractivity contribution in [3.8, 4) is 0 Å². The number of aromatic nitrogens is 4. The molecule has 0 atom stereocenters. The number of nitrogen functional groups attached to an aromatic ring is 1. The molecule has 0 aromatic carbocycles. The molecule has 1 amide bonds. The van der Waals surface area contributed by atoms with Gasteiger partial charge in [0.15, 0.2) is 5.69 Å². The Morgan fingerprint density at radius 2 is 2.41 bits per heavy atom. The van der Waals surface area contributed by atoms with Crippen molar-refractivity contribution < 1.29 is 4.79 Å². The predicted octanol–water partition coefficient (Wildman–Crippen LogP) is 0.207. The number of rotatable bonds is 4. The van der Waals surface area contributed by atoms with E-state index >= 15 is 0 Å². The first-order valence-electron chi connectivity index (χ1n) is 5.30. The third-order valence-electron chi connectivity index (χ3n) is 2.45. The van der Waals surface area contributed by atoms with Crippen LogP contribution in [0.4, 0.5) is 5.69 Å². The number of anilines is 1. The van der Waals surface area contributed by atoms with Crippen LogP contribution < -0.4 is 11.1 Å². The fourth-order valence-corrected chi connectivity index (χ4v) is 1.47. The number of nitrogens with one attached hydrogen (secondary N) is 3. The summed E-state index contributed by atoms with van der Waals surface area (Å²) in [4.78, 5) is 18.5. The van der Waals surface area contributed by atoms with E-state index in [9.17, 15) is 4.79 Å². The van der Waals surface area contributed by atoms with Gasteiger partial charge in [-0.1, -0.05) is 6.92 Å². The summed E-state index contributed by atoms with van der Waals surface area (Å²) in [7, 11) is 0. The number of carbonyl (C=O) groups excluding carboxylic acids is 1. The number of nitrogens with two attached hydrogens (primary N) is 1. The topological polar surface area (TPSA) is 112 Å². The van der Waals surface area contributed by atoms with Crippen molar-refractivity contribution in [1.29, 1.82) is 0 Å². The molecule has 0 bridgehead atoms. The van der Waals surface area contributed by atoms with Crippen LogP contribution in [0.3, 0.4) is 0 Å². The first-order valence-corrected chi connectivity index (χ1v) is 5.30. The largest absolute Gasteiger partial charge is 0.395 e. The number of carbonyl (C=O) groups is 1. The Balaban J connectivity index is 2.02. The zero-order valence-electron chi connectivity index (χ0n) is 9.45. The highest BCUT2D eigenvalue weighted by Gasteiger charge is 2.15. The van der Waals surface area contributed by atoms with Crippen LogP contribution in [0, 0.1) is 0 Å². The number of aromatic amines is 2. The number of aryl methyl sites for hydroxylation is 1. The zero-order chi connectivity index (χ0) is 12.3. The average molecular weight is 234 g/mol. The van der Waals surface area contributed by atoms with E-state index in [2.05, 4.69) is 25.5 Å². The van der Waals surface area contributed by atoms with Gasteiger partial charge in [-0.3, -0.25) is 9.89 Å². The minimum absolute atomic E-state index is 0.237. The van der Waals surface area contributed by atoms with Gasteiger partial charge in [0.2, 0.25) is 0 Å². The molecule has 7 heteroatoms. The van der Waals surface area contributed by atoms with Gasteiger partial charge in [-0.05, 0) is 6.42 Å². The summed E-state index contributed by atoms with van der Waals surface area (Å²) in [5.41, 5.74) is 8.04. The molecule has 2 rings (SSSR count). The lowest BCUT2D eigenvalue weighted by molar-refractivity contribution is 0.0946. The van der Waals surface area contributed by atoms with Gasteiger partial charge in [0.25, 0.3) is 5.91 Å². The van der Waals surface area contributed by atoms with Crippen molar-refractivity contribution in [2.45, 2.75) is 19.9 Å². The van der Waals surface area contributed by atoms with Gasteiger partial charge in [-0.15, -0.1) is 0 Å². The first kappa shape index (κ1) is 11.2. The molecule has 0 aliphatic rings. The summed E-state index contributed by atoms with van der Waals surface area (Å²) in [5, 5.41) is 9.35. The SMILES string of the molecule is CCc1[nH]nc(C(=O)NCc2cnc[nH]2)c1N. The zero-order valence-corrected chi connectivity index (χ0v) is 9.45. The van der Waals surface area contributed by atoms with Gasteiger partial charge in [-0.25, -0.2) is 4.98 Å². The highest BCUT2D eigenvalue weighted by molar-refractivity contribution is 5.97. The normalized spacial score (nSPS) is 10.4. The van der Waals surface area contributed by atoms with Crippen LogP contribution in [0.25, 0.3) is 0 Å². The lowest BCUT2D eigenvalue weighted by atomic mass is 10.2. The van der Waals surface area contributed by atoms with Gasteiger partial charge in [0.05, 0.1) is 29.9 Å². The molecule has 2 aromatic rings. The molecule has 0 saturated carbocycles. The Bertz CT molecular complexity index is 501. The van der Waals surface area contributed by atoms with Crippen LogP contribution in [0.1, 0.15) is 28.8 Å². The Hall–Kier alpha value is -2.31. The number of hydrogen-bond donors (Lipinski definition) is 4. The average Bonchev–Trinajstić information content (AvgIpc) is 2.95. The highest BCUT2D eigenvalue weighted by atomic mass is 16.1. The lowest BCUT2D eigenvalue weighted by Gasteiger charge is -2.01. The summed E-state index contributed by atoms with van der Waals surface area (Å²) < 4.78 is 0. The molecule has 7 nitrogen and oxygen atoms in total. The van der Waals surface area contributed by atoms with Crippen LogP contribution in [0.2, 0.25) is 0 Å². The smallest absolute Gasteiger partial charge is 0.274 e. The molecular weight excluding hydrogens is 220 g/mol. The first-order chi connectivity index (χ1) is 8.22. The molecule has 0 saturated heterocycles. The predicted molar refractivity (Wildman–Crippen MR) is 62.1 cm³/mol. The van der Waals surface area contributed by atoms with E-state index in [1.165, 1.54) is 0 Å². The minimum Gasteiger partial charge on any atom is -0.395 e. The van der Waals surface area contributed by atoms with Crippen LogP contribution in [-0.4, -0.2) is 26.1 Å². The van der Waals surface area contributed by atoms with Gasteiger partial charge < -0.3 is 16.0 Å². The van der Waals surface area contributed by atoms with Crippen LogP contribution in [0.5, 0.6) is 0 Å². The fraction of sp³-hybridized carbons (Fsp3) is 0.300. The Morgan fingerprint density at radius 1 is 1.59 bits per heavy atom. The maximum Gasteiger partial charge on any atom is 0.274 e. The van der Waals surface area contributed by atoms with Gasteiger partial charge in [0, 0.05) is 6.20 Å². The lowest BCUT2D eigenvalue weighted by Crippen LogP contribution is -2.24. The molecule has 0 spiro atoms. The van der Waals surface area contributed by atoms with E-state index in [-0.39, 0.29) is 11.6 Å². The number of nitrogens with zero attached hydrogens (tertiary/aromatic N) is 2. The van der Waals surface area contributed by atoms with E-state index in [4.69, 9.17) is 5.73 Å². The third-order valence-corrected chi connectivity index (χ3v) is 2.45. The molecule has 90 valence electrons. The quantitative estimate of drug-likeness (QED) is 0.605. The van der Waals surface area contributed by atoms with Crippen molar-refractivity contribution in [2.24, 2.45) is 0 Å². The fourth-order valence-electron chi connectivity index (χ4n) is 1.47. The second-order valence-electron chi connectivity index (χ2n) is 3.58. The number of imidazole rings is 1. The molecule has 2 aromatic heterocycles. The van der Waals surface area contributed by atoms with E-state index in [1.807, 2.05) is 6.92 Å². The van der Waals surface area contributed by atoms with E-state index in [1.54, 1.807) is 12.5 Å². The third kappa shape index (κ3) is 2.27. The monoisotopic (exact) mass is 234 g/mol. The Morgan fingerprint density at radius 3 is 3.00 bits per heavy atom. The maximum atomic E-state index is 11.8. The Labute approximate surface area is 97.8 Å². The summed E-state index contributed by atoms with van der Waals surface area (Å²) >= 11 is 0. The number of hydrogen-bond acceptors (Lipinski definition) is 4. The summed E-state index contributed by atoms with van der Waals surface area (Å²) in [5.74, 6) is -0.298. The van der Waals surface area contributed by atoms with Crippen molar-refractivity contribution in [2.75, 3.05) is 5.73 Å². The molecule has 0 aliphatic heterocycles. The molecule has 0 unspecified atom stereocenters. The molecule has 2 heterocycles.